The van der Waals surface area contributed by atoms with Crippen molar-refractivity contribution in [2.45, 2.75) is 25.4 Å². The second-order valence-corrected chi connectivity index (χ2v) is 6.92. The van der Waals surface area contributed by atoms with E-state index in [1.54, 1.807) is 23.2 Å². The first-order chi connectivity index (χ1) is 13.7. The molecule has 3 aromatic rings. The molecule has 0 unspecified atom stereocenters. The average molecular weight is 378 g/mol. The Labute approximate surface area is 162 Å². The number of nitrogens with zero attached hydrogens (tertiary/aromatic N) is 3. The van der Waals surface area contributed by atoms with Gasteiger partial charge in [0, 0.05) is 37.1 Å². The molecule has 2 amide bonds. The maximum absolute atomic E-state index is 12.5. The van der Waals surface area contributed by atoms with E-state index in [0.29, 0.717) is 31.0 Å². The van der Waals surface area contributed by atoms with Crippen molar-refractivity contribution in [3.8, 4) is 0 Å². The highest BCUT2D eigenvalue weighted by Crippen LogP contribution is 2.15. The highest BCUT2D eigenvalue weighted by atomic mass is 16.3. The van der Waals surface area contributed by atoms with Gasteiger partial charge in [0.15, 0.2) is 5.76 Å². The van der Waals surface area contributed by atoms with Crippen LogP contribution in [0.25, 0.3) is 0 Å². The largest absolute Gasteiger partial charge is 0.459 e. The predicted octanol–water partition coefficient (Wildman–Crippen LogP) is 2.56. The highest BCUT2D eigenvalue weighted by molar-refractivity contribution is 5.94. The van der Waals surface area contributed by atoms with Gasteiger partial charge in [-0.3, -0.25) is 14.3 Å². The summed E-state index contributed by atoms with van der Waals surface area (Å²) < 4.78 is 7.01. The number of amides is 2. The van der Waals surface area contributed by atoms with E-state index in [4.69, 9.17) is 4.42 Å². The number of hydrogen-bond donors (Lipinski definition) is 1. The summed E-state index contributed by atoms with van der Waals surface area (Å²) >= 11 is 0. The molecule has 4 rings (SSSR count). The molecule has 0 spiro atoms. The fourth-order valence-corrected chi connectivity index (χ4v) is 3.39. The molecule has 1 aliphatic rings. The van der Waals surface area contributed by atoms with Crippen molar-refractivity contribution >= 4 is 11.8 Å². The zero-order valence-corrected chi connectivity index (χ0v) is 15.5. The summed E-state index contributed by atoms with van der Waals surface area (Å²) in [6.07, 6.45) is 6.62. The number of carbonyl (C=O) groups excluding carboxylic acids is 2. The second-order valence-electron chi connectivity index (χ2n) is 6.92. The van der Waals surface area contributed by atoms with Crippen LogP contribution in [0, 0.1) is 0 Å². The van der Waals surface area contributed by atoms with Crippen molar-refractivity contribution in [2.75, 3.05) is 13.1 Å². The van der Waals surface area contributed by atoms with Crippen molar-refractivity contribution in [3.63, 3.8) is 0 Å². The average Bonchev–Trinajstić information content (AvgIpc) is 3.43. The third-order valence-corrected chi connectivity index (χ3v) is 4.97. The van der Waals surface area contributed by atoms with Gasteiger partial charge in [0.2, 0.25) is 0 Å². The Morgan fingerprint density at radius 1 is 1.11 bits per heavy atom. The van der Waals surface area contributed by atoms with Crippen LogP contribution in [0.3, 0.4) is 0 Å². The number of nitrogens with one attached hydrogen (secondary N) is 1. The molecule has 28 heavy (non-hydrogen) atoms. The van der Waals surface area contributed by atoms with Gasteiger partial charge < -0.3 is 14.6 Å². The maximum atomic E-state index is 12.5. The van der Waals surface area contributed by atoms with Crippen LogP contribution in [0.1, 0.15) is 39.3 Å². The second kappa shape index (κ2) is 8.12. The number of benzene rings is 1. The van der Waals surface area contributed by atoms with Crippen LogP contribution in [0.5, 0.6) is 0 Å². The molecular weight excluding hydrogens is 356 g/mol. The summed E-state index contributed by atoms with van der Waals surface area (Å²) in [5.74, 6) is 0.182. The standard InChI is InChI=1S/C21H22N4O3/c26-20(17-6-4-16(5-7-17)15-25-11-2-10-22-25)23-18-8-12-24(13-9-18)21(27)19-3-1-14-28-19/h1-7,10-11,14,18H,8-9,12-13,15H2,(H,23,26). The lowest BCUT2D eigenvalue weighted by Gasteiger charge is -2.31. The lowest BCUT2D eigenvalue weighted by molar-refractivity contribution is 0.0667. The smallest absolute Gasteiger partial charge is 0.289 e. The Morgan fingerprint density at radius 3 is 2.54 bits per heavy atom. The summed E-state index contributed by atoms with van der Waals surface area (Å²) in [5.41, 5.74) is 1.73. The lowest BCUT2D eigenvalue weighted by atomic mass is 10.0. The summed E-state index contributed by atoms with van der Waals surface area (Å²) in [6.45, 7) is 1.89. The molecule has 0 radical (unpaired) electrons. The van der Waals surface area contributed by atoms with E-state index in [2.05, 4.69) is 10.4 Å². The van der Waals surface area contributed by atoms with Crippen molar-refractivity contribution < 1.29 is 14.0 Å². The normalized spacial score (nSPS) is 14.8. The van der Waals surface area contributed by atoms with Gasteiger partial charge in [-0.15, -0.1) is 0 Å². The van der Waals surface area contributed by atoms with E-state index in [9.17, 15) is 9.59 Å². The minimum atomic E-state index is -0.0949. The van der Waals surface area contributed by atoms with Crippen LogP contribution in [0.2, 0.25) is 0 Å². The molecule has 1 N–H and O–H groups in total. The first-order valence-corrected chi connectivity index (χ1v) is 9.39. The quantitative estimate of drug-likeness (QED) is 0.740. The number of likely N-dealkylation sites (tertiary alicyclic amines) is 1. The van der Waals surface area contributed by atoms with Crippen LogP contribution in [-0.2, 0) is 6.54 Å². The summed E-state index contributed by atoms with van der Waals surface area (Å²) in [6, 6.07) is 12.9. The van der Waals surface area contributed by atoms with Crippen LogP contribution in [0.15, 0.2) is 65.5 Å². The van der Waals surface area contributed by atoms with Crippen molar-refractivity contribution in [1.82, 2.24) is 20.0 Å². The van der Waals surface area contributed by atoms with Gasteiger partial charge in [0.25, 0.3) is 11.8 Å². The Morgan fingerprint density at radius 2 is 1.89 bits per heavy atom. The molecule has 1 saturated heterocycles. The van der Waals surface area contributed by atoms with Crippen molar-refractivity contribution in [3.05, 3.63) is 78.0 Å². The Balaban J connectivity index is 1.28. The predicted molar refractivity (Wildman–Crippen MR) is 103 cm³/mol. The van der Waals surface area contributed by atoms with Gasteiger partial charge in [0.05, 0.1) is 12.8 Å². The summed E-state index contributed by atoms with van der Waals surface area (Å²) in [5, 5.41) is 7.26. The van der Waals surface area contributed by atoms with Crippen molar-refractivity contribution in [2.24, 2.45) is 0 Å². The fourth-order valence-electron chi connectivity index (χ4n) is 3.39. The summed E-state index contributed by atoms with van der Waals surface area (Å²) in [7, 11) is 0. The zero-order chi connectivity index (χ0) is 19.3. The van der Waals surface area contributed by atoms with Crippen molar-refractivity contribution in [1.29, 1.82) is 0 Å². The van der Waals surface area contributed by atoms with Gasteiger partial charge >= 0.3 is 0 Å². The molecular formula is C21H22N4O3. The molecule has 1 aliphatic heterocycles. The number of carbonyl (C=O) groups is 2. The Hall–Kier alpha value is -3.35. The third kappa shape index (κ3) is 4.14. The van der Waals surface area contributed by atoms with Crippen LogP contribution >= 0.6 is 0 Å². The lowest BCUT2D eigenvalue weighted by Crippen LogP contribution is -2.46. The van der Waals surface area contributed by atoms with Gasteiger partial charge in [-0.2, -0.15) is 5.10 Å². The van der Waals surface area contributed by atoms with E-state index >= 15 is 0 Å². The molecule has 7 nitrogen and oxygen atoms in total. The Bertz CT molecular complexity index is 909. The highest BCUT2D eigenvalue weighted by Gasteiger charge is 2.26. The van der Waals surface area contributed by atoms with Crippen LogP contribution in [-0.4, -0.2) is 45.6 Å². The monoisotopic (exact) mass is 378 g/mol. The first kappa shape index (κ1) is 18.0. The van der Waals surface area contributed by atoms with E-state index < -0.39 is 0 Å². The van der Waals surface area contributed by atoms with E-state index in [0.717, 1.165) is 18.4 Å². The molecule has 0 aliphatic carbocycles. The number of furan rings is 1. The maximum Gasteiger partial charge on any atom is 0.289 e. The molecule has 7 heteroatoms. The third-order valence-electron chi connectivity index (χ3n) is 4.97. The summed E-state index contributed by atoms with van der Waals surface area (Å²) in [4.78, 5) is 26.6. The number of hydrogen-bond acceptors (Lipinski definition) is 4. The van der Waals surface area contributed by atoms with E-state index in [-0.39, 0.29) is 17.9 Å². The molecule has 3 heterocycles. The number of rotatable bonds is 5. The Kier molecular flexibility index (Phi) is 5.23. The minimum absolute atomic E-state index is 0.0666. The molecule has 1 aromatic carbocycles. The SMILES string of the molecule is O=C(NC1CCN(C(=O)c2ccco2)CC1)c1ccc(Cn2cccn2)cc1. The molecule has 144 valence electrons. The molecule has 0 saturated carbocycles. The number of piperidine rings is 1. The fraction of sp³-hybridized carbons (Fsp3) is 0.286. The zero-order valence-electron chi connectivity index (χ0n) is 15.5. The number of aromatic nitrogens is 2. The topological polar surface area (TPSA) is 80.4 Å². The van der Waals surface area contributed by atoms with Crippen LogP contribution in [0.4, 0.5) is 0 Å². The molecule has 0 atom stereocenters. The van der Waals surface area contributed by atoms with Gasteiger partial charge in [-0.1, -0.05) is 12.1 Å². The molecule has 2 aromatic heterocycles. The van der Waals surface area contributed by atoms with Gasteiger partial charge in [-0.05, 0) is 48.7 Å². The van der Waals surface area contributed by atoms with E-state index in [1.165, 1.54) is 6.26 Å². The molecule has 1 fully saturated rings. The molecule has 0 bridgehead atoms. The van der Waals surface area contributed by atoms with E-state index in [1.807, 2.05) is 41.2 Å². The van der Waals surface area contributed by atoms with Gasteiger partial charge in [0.1, 0.15) is 0 Å². The van der Waals surface area contributed by atoms with Gasteiger partial charge in [-0.25, -0.2) is 0 Å². The van der Waals surface area contributed by atoms with Crippen LogP contribution < -0.4 is 5.32 Å². The first-order valence-electron chi connectivity index (χ1n) is 9.39. The minimum Gasteiger partial charge on any atom is -0.459 e.